The van der Waals surface area contributed by atoms with E-state index in [9.17, 15) is 14.7 Å². The van der Waals surface area contributed by atoms with Crippen molar-refractivity contribution in [2.75, 3.05) is 0 Å². The van der Waals surface area contributed by atoms with Gasteiger partial charge in [-0.15, -0.1) is 0 Å². The fourth-order valence-electron chi connectivity index (χ4n) is 2.76. The summed E-state index contributed by atoms with van der Waals surface area (Å²) in [6.45, 7) is 2.08. The molecule has 1 fully saturated rings. The standard InChI is InChI=1S/C13H19N3O3/c1-10-4-2-5-13(8-10,12(18)19)15-11(17)9-16-7-3-6-14-16/h3,6-7,10H,2,4-5,8-9H2,1H3,(H,15,17)(H,18,19). The van der Waals surface area contributed by atoms with Crippen LogP contribution in [0.1, 0.15) is 32.6 Å². The van der Waals surface area contributed by atoms with Gasteiger partial charge in [-0.2, -0.15) is 5.10 Å². The minimum atomic E-state index is -1.11. The Balaban J connectivity index is 2.04. The van der Waals surface area contributed by atoms with Gasteiger partial charge in [0, 0.05) is 12.4 Å². The lowest BCUT2D eigenvalue weighted by molar-refractivity contribution is -0.150. The van der Waals surface area contributed by atoms with Crippen molar-refractivity contribution in [1.29, 1.82) is 0 Å². The second kappa shape index (κ2) is 5.42. The van der Waals surface area contributed by atoms with Gasteiger partial charge in [-0.05, 0) is 24.8 Å². The Morgan fingerprint density at radius 1 is 1.58 bits per heavy atom. The van der Waals surface area contributed by atoms with Crippen molar-refractivity contribution in [2.45, 2.75) is 44.7 Å². The van der Waals surface area contributed by atoms with Crippen LogP contribution >= 0.6 is 0 Å². The summed E-state index contributed by atoms with van der Waals surface area (Å²) < 4.78 is 1.48. The predicted molar refractivity (Wildman–Crippen MR) is 68.4 cm³/mol. The molecule has 1 aromatic rings. The number of nitrogens with zero attached hydrogens (tertiary/aromatic N) is 2. The third-order valence-corrected chi connectivity index (χ3v) is 3.65. The van der Waals surface area contributed by atoms with Crippen LogP contribution in [0.15, 0.2) is 18.5 Å². The maximum absolute atomic E-state index is 12.0. The zero-order chi connectivity index (χ0) is 13.9. The van der Waals surface area contributed by atoms with Crippen molar-refractivity contribution in [3.8, 4) is 0 Å². The van der Waals surface area contributed by atoms with Crippen LogP contribution < -0.4 is 5.32 Å². The lowest BCUT2D eigenvalue weighted by Gasteiger charge is -2.37. The number of carboxylic acids is 1. The van der Waals surface area contributed by atoms with Crippen LogP contribution in [-0.4, -0.2) is 32.3 Å². The SMILES string of the molecule is CC1CCCC(NC(=O)Cn2cccn2)(C(=O)O)C1. The summed E-state index contributed by atoms with van der Waals surface area (Å²) in [4.78, 5) is 23.5. The first-order valence-corrected chi connectivity index (χ1v) is 6.54. The monoisotopic (exact) mass is 265 g/mol. The summed E-state index contributed by atoms with van der Waals surface area (Å²) in [7, 11) is 0. The van der Waals surface area contributed by atoms with Crippen LogP contribution in [0.4, 0.5) is 0 Å². The summed E-state index contributed by atoms with van der Waals surface area (Å²) in [5.41, 5.74) is -1.11. The Morgan fingerprint density at radius 3 is 2.95 bits per heavy atom. The molecule has 6 nitrogen and oxygen atoms in total. The molecule has 1 aromatic heterocycles. The van der Waals surface area contributed by atoms with Gasteiger partial charge in [0.2, 0.25) is 5.91 Å². The van der Waals surface area contributed by atoms with Crippen LogP contribution in [0.25, 0.3) is 0 Å². The number of carbonyl (C=O) groups is 2. The largest absolute Gasteiger partial charge is 0.480 e. The van der Waals surface area contributed by atoms with E-state index in [2.05, 4.69) is 10.4 Å². The van der Waals surface area contributed by atoms with Gasteiger partial charge in [0.15, 0.2) is 0 Å². The maximum Gasteiger partial charge on any atom is 0.329 e. The molecule has 6 heteroatoms. The van der Waals surface area contributed by atoms with Gasteiger partial charge >= 0.3 is 5.97 Å². The van der Waals surface area contributed by atoms with Gasteiger partial charge in [0.1, 0.15) is 12.1 Å². The number of aromatic nitrogens is 2. The summed E-state index contributed by atoms with van der Waals surface area (Å²) in [5, 5.41) is 16.1. The maximum atomic E-state index is 12.0. The Bertz CT molecular complexity index is 458. The van der Waals surface area contributed by atoms with Crippen molar-refractivity contribution in [2.24, 2.45) is 5.92 Å². The normalized spacial score (nSPS) is 26.9. The molecule has 0 saturated heterocycles. The van der Waals surface area contributed by atoms with E-state index in [-0.39, 0.29) is 12.5 Å². The Labute approximate surface area is 111 Å². The number of nitrogens with one attached hydrogen (secondary N) is 1. The number of amides is 1. The predicted octanol–water partition coefficient (Wildman–Crippen LogP) is 1.03. The van der Waals surface area contributed by atoms with Crippen LogP contribution in [0, 0.1) is 5.92 Å². The van der Waals surface area contributed by atoms with Crippen molar-refractivity contribution < 1.29 is 14.7 Å². The number of carboxylic acid groups (broad SMARTS) is 1. The lowest BCUT2D eigenvalue weighted by Crippen LogP contribution is -2.57. The van der Waals surface area contributed by atoms with Gasteiger partial charge in [-0.25, -0.2) is 4.79 Å². The average Bonchev–Trinajstić information content (AvgIpc) is 2.81. The molecule has 2 atom stereocenters. The van der Waals surface area contributed by atoms with E-state index in [0.717, 1.165) is 12.8 Å². The highest BCUT2D eigenvalue weighted by Gasteiger charge is 2.43. The summed E-state index contributed by atoms with van der Waals surface area (Å²) >= 11 is 0. The van der Waals surface area contributed by atoms with Crippen LogP contribution in [0.5, 0.6) is 0 Å². The minimum Gasteiger partial charge on any atom is -0.480 e. The summed E-state index contributed by atoms with van der Waals surface area (Å²) in [6.07, 6.45) is 6.10. The molecule has 0 aliphatic heterocycles. The quantitative estimate of drug-likeness (QED) is 0.851. The lowest BCUT2D eigenvalue weighted by atomic mass is 9.76. The van der Waals surface area contributed by atoms with Gasteiger partial charge < -0.3 is 10.4 Å². The first-order valence-electron chi connectivity index (χ1n) is 6.54. The fraction of sp³-hybridized carbons (Fsp3) is 0.615. The van der Waals surface area contributed by atoms with Crippen molar-refractivity contribution >= 4 is 11.9 Å². The topological polar surface area (TPSA) is 84.2 Å². The summed E-state index contributed by atoms with van der Waals surface area (Å²) in [6, 6.07) is 1.73. The van der Waals surface area contributed by atoms with Crippen LogP contribution in [0.3, 0.4) is 0 Å². The Morgan fingerprint density at radius 2 is 2.37 bits per heavy atom. The number of hydrogen-bond acceptors (Lipinski definition) is 3. The van der Waals surface area contributed by atoms with E-state index >= 15 is 0 Å². The smallest absolute Gasteiger partial charge is 0.329 e. The first kappa shape index (κ1) is 13.6. The molecule has 19 heavy (non-hydrogen) atoms. The molecule has 1 saturated carbocycles. The molecule has 2 rings (SSSR count). The first-order chi connectivity index (χ1) is 9.02. The molecule has 1 heterocycles. The Hall–Kier alpha value is -1.85. The van der Waals surface area contributed by atoms with Gasteiger partial charge in [-0.3, -0.25) is 9.48 Å². The molecule has 1 aliphatic carbocycles. The average molecular weight is 265 g/mol. The highest BCUT2D eigenvalue weighted by atomic mass is 16.4. The third-order valence-electron chi connectivity index (χ3n) is 3.65. The third kappa shape index (κ3) is 3.13. The molecular formula is C13H19N3O3. The molecule has 2 unspecified atom stereocenters. The number of carbonyl (C=O) groups excluding carboxylic acids is 1. The van der Waals surface area contributed by atoms with E-state index < -0.39 is 11.5 Å². The molecule has 1 amide bonds. The fourth-order valence-corrected chi connectivity index (χ4v) is 2.76. The molecule has 0 radical (unpaired) electrons. The van der Waals surface area contributed by atoms with E-state index in [4.69, 9.17) is 0 Å². The van der Waals surface area contributed by atoms with Crippen LogP contribution in [0.2, 0.25) is 0 Å². The van der Waals surface area contributed by atoms with E-state index in [1.807, 2.05) is 6.92 Å². The van der Waals surface area contributed by atoms with Crippen molar-refractivity contribution in [1.82, 2.24) is 15.1 Å². The van der Waals surface area contributed by atoms with E-state index in [0.29, 0.717) is 18.8 Å². The molecule has 0 aromatic carbocycles. The van der Waals surface area contributed by atoms with Crippen LogP contribution in [-0.2, 0) is 16.1 Å². The molecule has 0 spiro atoms. The van der Waals surface area contributed by atoms with Gasteiger partial charge in [-0.1, -0.05) is 19.8 Å². The second-order valence-electron chi connectivity index (χ2n) is 5.34. The molecular weight excluding hydrogens is 246 g/mol. The molecule has 2 N–H and O–H groups in total. The Kier molecular flexibility index (Phi) is 3.87. The zero-order valence-electron chi connectivity index (χ0n) is 11.0. The van der Waals surface area contributed by atoms with E-state index in [1.54, 1.807) is 18.5 Å². The molecule has 104 valence electrons. The van der Waals surface area contributed by atoms with Crippen molar-refractivity contribution in [3.05, 3.63) is 18.5 Å². The number of rotatable bonds is 4. The van der Waals surface area contributed by atoms with E-state index in [1.165, 1.54) is 4.68 Å². The molecule has 1 aliphatic rings. The van der Waals surface area contributed by atoms with Gasteiger partial charge in [0.25, 0.3) is 0 Å². The van der Waals surface area contributed by atoms with Gasteiger partial charge in [0.05, 0.1) is 0 Å². The summed E-state index contributed by atoms with van der Waals surface area (Å²) in [5.74, 6) is -0.928. The molecule has 0 bridgehead atoms. The van der Waals surface area contributed by atoms with Crippen molar-refractivity contribution in [3.63, 3.8) is 0 Å². The minimum absolute atomic E-state index is 0.0520. The second-order valence-corrected chi connectivity index (χ2v) is 5.34. The number of aliphatic carboxylic acids is 1. The zero-order valence-corrected chi connectivity index (χ0v) is 11.0. The highest BCUT2D eigenvalue weighted by Crippen LogP contribution is 2.32. The number of hydrogen-bond donors (Lipinski definition) is 2. The highest BCUT2D eigenvalue weighted by molar-refractivity contribution is 5.87.